The Bertz CT molecular complexity index is 1140. The first kappa shape index (κ1) is 24.7. The minimum atomic E-state index is -0.409. The van der Waals surface area contributed by atoms with Gasteiger partial charge < -0.3 is 9.64 Å². The van der Waals surface area contributed by atoms with E-state index in [1.807, 2.05) is 30.3 Å². The highest BCUT2D eigenvalue weighted by atomic mass is 32.2. The lowest BCUT2D eigenvalue weighted by Gasteiger charge is -2.31. The molecule has 2 heterocycles. The second-order valence-electron chi connectivity index (χ2n) is 8.15. The van der Waals surface area contributed by atoms with Crippen LogP contribution in [0.3, 0.4) is 0 Å². The molecule has 35 heavy (non-hydrogen) atoms. The van der Waals surface area contributed by atoms with Crippen LogP contribution in [0, 0.1) is 11.7 Å². The summed E-state index contributed by atoms with van der Waals surface area (Å²) in [5.41, 5.74) is 1.54. The van der Waals surface area contributed by atoms with Crippen LogP contribution >= 0.6 is 11.8 Å². The van der Waals surface area contributed by atoms with Crippen LogP contribution in [0.15, 0.2) is 65.3 Å². The number of anilines is 1. The number of amides is 2. The standard InChI is InChI=1S/C26H26FN3O4S/c1-2-34-25(33)19-12-14-29(15-13-19)23(31)17-35-26-28-22(16-18-6-4-3-5-7-18)24(32)30(26)21-10-8-20(27)9-11-21/h3-11,16,19H,2,12-15,17H2,1H3. The molecule has 0 bridgehead atoms. The molecule has 0 aromatic heterocycles. The van der Waals surface area contributed by atoms with Gasteiger partial charge in [0.25, 0.3) is 5.91 Å². The Kier molecular flexibility index (Phi) is 7.97. The van der Waals surface area contributed by atoms with Crippen LogP contribution in [0.4, 0.5) is 10.1 Å². The molecule has 0 N–H and O–H groups in total. The Balaban J connectivity index is 1.46. The number of carbonyl (C=O) groups is 3. The highest BCUT2D eigenvalue weighted by molar-refractivity contribution is 8.14. The number of esters is 1. The number of hydrogen-bond donors (Lipinski definition) is 0. The fourth-order valence-corrected chi connectivity index (χ4v) is 4.88. The van der Waals surface area contributed by atoms with E-state index in [1.165, 1.54) is 29.2 Å². The van der Waals surface area contributed by atoms with Gasteiger partial charge in [0, 0.05) is 13.1 Å². The van der Waals surface area contributed by atoms with Crippen LogP contribution in [0.1, 0.15) is 25.3 Å². The van der Waals surface area contributed by atoms with Gasteiger partial charge in [0.1, 0.15) is 11.5 Å². The molecule has 1 fully saturated rings. The fourth-order valence-electron chi connectivity index (χ4n) is 3.96. The maximum Gasteiger partial charge on any atom is 0.309 e. The van der Waals surface area contributed by atoms with Gasteiger partial charge in [-0.15, -0.1) is 0 Å². The largest absolute Gasteiger partial charge is 0.466 e. The number of aliphatic imine (C=N–C) groups is 1. The van der Waals surface area contributed by atoms with Gasteiger partial charge in [-0.1, -0.05) is 42.1 Å². The van der Waals surface area contributed by atoms with Crippen molar-refractivity contribution in [1.82, 2.24) is 4.90 Å². The Morgan fingerprint density at radius 2 is 1.80 bits per heavy atom. The zero-order chi connectivity index (χ0) is 24.8. The highest BCUT2D eigenvalue weighted by Gasteiger charge is 2.33. The van der Waals surface area contributed by atoms with E-state index in [0.29, 0.717) is 43.4 Å². The lowest BCUT2D eigenvalue weighted by molar-refractivity contribution is -0.151. The Labute approximate surface area is 207 Å². The minimum Gasteiger partial charge on any atom is -0.466 e. The molecule has 0 radical (unpaired) electrons. The maximum absolute atomic E-state index is 13.5. The van der Waals surface area contributed by atoms with E-state index in [9.17, 15) is 18.8 Å². The minimum absolute atomic E-state index is 0.0898. The number of rotatable bonds is 6. The molecule has 2 aromatic rings. The van der Waals surface area contributed by atoms with Gasteiger partial charge in [0.15, 0.2) is 5.17 Å². The Morgan fingerprint density at radius 1 is 1.11 bits per heavy atom. The van der Waals surface area contributed by atoms with Gasteiger partial charge in [-0.2, -0.15) is 0 Å². The summed E-state index contributed by atoms with van der Waals surface area (Å²) in [5, 5.41) is 0.360. The molecule has 0 spiro atoms. The number of carbonyl (C=O) groups excluding carboxylic acids is 3. The number of likely N-dealkylation sites (tertiary alicyclic amines) is 1. The molecule has 4 rings (SSSR count). The zero-order valence-corrected chi connectivity index (χ0v) is 20.2. The third-order valence-electron chi connectivity index (χ3n) is 5.81. The summed E-state index contributed by atoms with van der Waals surface area (Å²) in [5.74, 6) is -1.14. The van der Waals surface area contributed by atoms with E-state index in [4.69, 9.17) is 4.74 Å². The molecule has 0 atom stereocenters. The van der Waals surface area contributed by atoms with Crippen molar-refractivity contribution >= 4 is 46.5 Å². The summed E-state index contributed by atoms with van der Waals surface area (Å²) in [6.45, 7) is 3.09. The smallest absolute Gasteiger partial charge is 0.309 e. The topological polar surface area (TPSA) is 79.3 Å². The molecule has 2 aliphatic rings. The molecule has 0 saturated carbocycles. The van der Waals surface area contributed by atoms with Crippen molar-refractivity contribution in [2.24, 2.45) is 10.9 Å². The second kappa shape index (κ2) is 11.3. The fraction of sp³-hybridized carbons (Fsp3) is 0.308. The van der Waals surface area contributed by atoms with Gasteiger partial charge in [-0.05, 0) is 55.7 Å². The molecule has 9 heteroatoms. The lowest BCUT2D eigenvalue weighted by Crippen LogP contribution is -2.42. The Morgan fingerprint density at radius 3 is 2.46 bits per heavy atom. The average Bonchev–Trinajstić information content (AvgIpc) is 3.18. The van der Waals surface area contributed by atoms with Crippen LogP contribution in [-0.4, -0.2) is 53.3 Å². The van der Waals surface area contributed by atoms with Crippen molar-refractivity contribution in [1.29, 1.82) is 0 Å². The van der Waals surface area contributed by atoms with Crippen molar-refractivity contribution in [2.75, 3.05) is 30.3 Å². The molecule has 0 aliphatic carbocycles. The molecule has 2 aliphatic heterocycles. The number of nitrogens with zero attached hydrogens (tertiary/aromatic N) is 3. The second-order valence-corrected chi connectivity index (χ2v) is 9.09. The molecule has 0 unspecified atom stereocenters. The summed E-state index contributed by atoms with van der Waals surface area (Å²) < 4.78 is 18.6. The van der Waals surface area contributed by atoms with Crippen LogP contribution in [0.2, 0.25) is 0 Å². The summed E-state index contributed by atoms with van der Waals surface area (Å²) in [7, 11) is 0. The van der Waals surface area contributed by atoms with E-state index < -0.39 is 5.82 Å². The first-order valence-corrected chi connectivity index (χ1v) is 12.5. The van der Waals surface area contributed by atoms with Crippen molar-refractivity contribution in [3.05, 3.63) is 71.7 Å². The highest BCUT2D eigenvalue weighted by Crippen LogP contribution is 2.30. The first-order valence-electron chi connectivity index (χ1n) is 11.5. The van der Waals surface area contributed by atoms with Crippen molar-refractivity contribution in [3.8, 4) is 0 Å². The van der Waals surface area contributed by atoms with E-state index in [0.717, 1.165) is 17.3 Å². The van der Waals surface area contributed by atoms with Crippen molar-refractivity contribution in [2.45, 2.75) is 19.8 Å². The van der Waals surface area contributed by atoms with Crippen LogP contribution < -0.4 is 4.90 Å². The zero-order valence-electron chi connectivity index (χ0n) is 19.4. The molecular formula is C26H26FN3O4S. The Hall–Kier alpha value is -3.46. The molecule has 7 nitrogen and oxygen atoms in total. The van der Waals surface area contributed by atoms with E-state index in [-0.39, 0.29) is 35.2 Å². The van der Waals surface area contributed by atoms with Gasteiger partial charge in [0.05, 0.1) is 24.0 Å². The molecule has 2 amide bonds. The monoisotopic (exact) mass is 495 g/mol. The van der Waals surface area contributed by atoms with E-state index in [2.05, 4.69) is 4.99 Å². The van der Waals surface area contributed by atoms with Crippen LogP contribution in [0.5, 0.6) is 0 Å². The predicted octanol–water partition coefficient (Wildman–Crippen LogP) is 4.10. The van der Waals surface area contributed by atoms with E-state index in [1.54, 1.807) is 17.9 Å². The molecule has 1 saturated heterocycles. The van der Waals surface area contributed by atoms with Crippen LogP contribution in [0.25, 0.3) is 6.08 Å². The maximum atomic E-state index is 13.5. The summed E-state index contributed by atoms with van der Waals surface area (Å²) >= 11 is 1.16. The number of piperidine rings is 1. The van der Waals surface area contributed by atoms with Gasteiger partial charge in [-0.3, -0.25) is 19.3 Å². The van der Waals surface area contributed by atoms with Crippen LogP contribution in [-0.2, 0) is 19.1 Å². The molecular weight excluding hydrogens is 469 g/mol. The van der Waals surface area contributed by atoms with Gasteiger partial charge in [-0.25, -0.2) is 9.38 Å². The predicted molar refractivity (Wildman–Crippen MR) is 134 cm³/mol. The summed E-state index contributed by atoms with van der Waals surface area (Å²) in [4.78, 5) is 45.7. The van der Waals surface area contributed by atoms with Crippen molar-refractivity contribution < 1.29 is 23.5 Å². The normalized spacial score (nSPS) is 17.6. The first-order chi connectivity index (χ1) is 17.0. The number of thioether (sulfide) groups is 1. The number of ether oxygens (including phenoxy) is 1. The number of amidine groups is 1. The number of halogens is 1. The summed E-state index contributed by atoms with van der Waals surface area (Å²) in [6, 6.07) is 14.9. The lowest BCUT2D eigenvalue weighted by atomic mass is 9.97. The van der Waals surface area contributed by atoms with Crippen molar-refractivity contribution in [3.63, 3.8) is 0 Å². The number of benzene rings is 2. The summed E-state index contributed by atoms with van der Waals surface area (Å²) in [6.07, 6.45) is 2.83. The SMILES string of the molecule is CCOC(=O)C1CCN(C(=O)CSC2=NC(=Cc3ccccc3)C(=O)N2c2ccc(F)cc2)CC1. The average molecular weight is 496 g/mol. The molecule has 182 valence electrons. The van der Waals surface area contributed by atoms with Gasteiger partial charge in [0.2, 0.25) is 5.91 Å². The van der Waals surface area contributed by atoms with E-state index >= 15 is 0 Å². The van der Waals surface area contributed by atoms with Gasteiger partial charge >= 0.3 is 5.97 Å². The quantitative estimate of drug-likeness (QED) is 0.445. The third kappa shape index (κ3) is 5.97. The number of hydrogen-bond acceptors (Lipinski definition) is 6. The molecule has 2 aromatic carbocycles. The third-order valence-corrected chi connectivity index (χ3v) is 6.73.